The Hall–Kier alpha value is -0.0231. The summed E-state index contributed by atoms with van der Waals surface area (Å²) >= 11 is 0. The molecule has 6 N–H and O–H groups in total. The van der Waals surface area contributed by atoms with Gasteiger partial charge in [-0.1, -0.05) is 19.6 Å². The molecule has 7 heteroatoms. The Kier molecular flexibility index (Phi) is 6.05. The minimum Gasteiger partial charge on any atom is -0.394 e. The summed E-state index contributed by atoms with van der Waals surface area (Å²) in [5.74, 6) is 0. The lowest BCUT2D eigenvalue weighted by molar-refractivity contribution is -0.130. The summed E-state index contributed by atoms with van der Waals surface area (Å²) in [4.78, 5) is 0. The molecule has 0 aromatic rings. The smallest absolute Gasteiger partial charge is 0.111 e. The van der Waals surface area contributed by atoms with Crippen molar-refractivity contribution < 1.29 is 30.6 Å². The topological polar surface area (TPSA) is 121 Å². The monoisotopic (exact) mass is 254 g/mol. The third-order valence-electron chi connectivity index (χ3n) is 2.49. The standard InChI is InChI=1S/C9H22O6Si/c1-16(2,3)9(15)8(14)7(13)6(12)5(11)4-10/h5-15H,4H2,1-3H3/t5-,6-,7+,8+,9?/m1/s1. The molecule has 0 amide bonds. The first-order chi connectivity index (χ1) is 7.12. The average molecular weight is 254 g/mol. The molecule has 0 aliphatic carbocycles. The van der Waals surface area contributed by atoms with Gasteiger partial charge in [-0.15, -0.1) is 0 Å². The molecule has 5 atom stereocenters. The molecule has 0 saturated carbocycles. The van der Waals surface area contributed by atoms with Crippen molar-refractivity contribution in [2.75, 3.05) is 6.61 Å². The van der Waals surface area contributed by atoms with Crippen molar-refractivity contribution in [1.29, 1.82) is 0 Å². The zero-order valence-electron chi connectivity index (χ0n) is 9.78. The molecule has 0 aliphatic heterocycles. The molecule has 0 saturated heterocycles. The normalized spacial score (nSPS) is 22.3. The third kappa shape index (κ3) is 4.09. The van der Waals surface area contributed by atoms with Gasteiger partial charge in [0, 0.05) is 0 Å². The van der Waals surface area contributed by atoms with Crippen LogP contribution in [0.15, 0.2) is 0 Å². The van der Waals surface area contributed by atoms with Crippen LogP contribution in [-0.4, -0.2) is 75.5 Å². The molecule has 0 radical (unpaired) electrons. The molecule has 0 rings (SSSR count). The lowest BCUT2D eigenvalue weighted by Gasteiger charge is -2.33. The molecule has 0 heterocycles. The number of hydrogen-bond donors (Lipinski definition) is 6. The van der Waals surface area contributed by atoms with Crippen molar-refractivity contribution in [2.45, 2.75) is 49.8 Å². The molecular weight excluding hydrogens is 232 g/mol. The largest absolute Gasteiger partial charge is 0.394 e. The fourth-order valence-corrected chi connectivity index (χ4v) is 2.46. The maximum Gasteiger partial charge on any atom is 0.111 e. The Bertz CT molecular complexity index is 207. The second-order valence-electron chi connectivity index (χ2n) is 5.03. The van der Waals surface area contributed by atoms with Crippen molar-refractivity contribution in [3.63, 3.8) is 0 Å². The second kappa shape index (κ2) is 6.06. The van der Waals surface area contributed by atoms with Gasteiger partial charge in [0.1, 0.15) is 24.4 Å². The van der Waals surface area contributed by atoms with Crippen LogP contribution in [0, 0.1) is 0 Å². The summed E-state index contributed by atoms with van der Waals surface area (Å²) in [6, 6.07) is 0. The van der Waals surface area contributed by atoms with Crippen molar-refractivity contribution in [3.05, 3.63) is 0 Å². The van der Waals surface area contributed by atoms with Crippen LogP contribution in [-0.2, 0) is 0 Å². The lowest BCUT2D eigenvalue weighted by Crippen LogP contribution is -2.56. The highest BCUT2D eigenvalue weighted by atomic mass is 28.3. The van der Waals surface area contributed by atoms with Gasteiger partial charge >= 0.3 is 0 Å². The van der Waals surface area contributed by atoms with Gasteiger partial charge in [-0.3, -0.25) is 0 Å². The van der Waals surface area contributed by atoms with E-state index < -0.39 is 44.8 Å². The predicted molar refractivity (Wildman–Crippen MR) is 60.5 cm³/mol. The molecular formula is C9H22O6Si. The Morgan fingerprint density at radius 1 is 0.812 bits per heavy atom. The first kappa shape index (κ1) is 16.0. The molecule has 0 fully saturated rings. The Labute approximate surface area is 95.8 Å². The van der Waals surface area contributed by atoms with Crippen molar-refractivity contribution in [3.8, 4) is 0 Å². The summed E-state index contributed by atoms with van der Waals surface area (Å²) < 4.78 is 0. The summed E-state index contributed by atoms with van der Waals surface area (Å²) in [5, 5.41) is 55.9. The summed E-state index contributed by atoms with van der Waals surface area (Å²) in [5.41, 5.74) is -1.12. The zero-order valence-corrected chi connectivity index (χ0v) is 10.8. The van der Waals surface area contributed by atoms with E-state index in [4.69, 9.17) is 10.2 Å². The molecule has 0 aromatic heterocycles. The van der Waals surface area contributed by atoms with E-state index in [1.165, 1.54) is 0 Å². The predicted octanol–water partition coefficient (Wildman–Crippen LogP) is -2.34. The van der Waals surface area contributed by atoms with Gasteiger partial charge in [0.2, 0.25) is 0 Å². The summed E-state index contributed by atoms with van der Waals surface area (Å²) in [6.45, 7) is 4.65. The van der Waals surface area contributed by atoms with E-state index in [1.807, 2.05) is 0 Å². The second-order valence-corrected chi connectivity index (χ2v) is 10.4. The maximum atomic E-state index is 9.72. The number of hydrogen-bond acceptors (Lipinski definition) is 6. The molecule has 98 valence electrons. The molecule has 0 bridgehead atoms. The van der Waals surface area contributed by atoms with E-state index in [2.05, 4.69) is 0 Å². The van der Waals surface area contributed by atoms with E-state index in [0.717, 1.165) is 0 Å². The Morgan fingerprint density at radius 3 is 1.56 bits per heavy atom. The van der Waals surface area contributed by atoms with E-state index >= 15 is 0 Å². The fraction of sp³-hybridized carbons (Fsp3) is 1.00. The SMILES string of the molecule is C[Si](C)(C)C(O)[C@@H](O)[C@@H](O)[C@H](O)[C@H](O)CO. The lowest BCUT2D eigenvalue weighted by atomic mass is 10.0. The van der Waals surface area contributed by atoms with E-state index in [-0.39, 0.29) is 0 Å². The van der Waals surface area contributed by atoms with Crippen molar-refractivity contribution in [2.24, 2.45) is 0 Å². The van der Waals surface area contributed by atoms with Crippen LogP contribution in [0.3, 0.4) is 0 Å². The van der Waals surface area contributed by atoms with E-state index in [0.29, 0.717) is 0 Å². The minimum atomic E-state index is -2.09. The van der Waals surface area contributed by atoms with Crippen LogP contribution in [0.25, 0.3) is 0 Å². The number of aliphatic hydroxyl groups is 6. The first-order valence-electron chi connectivity index (χ1n) is 5.14. The average Bonchev–Trinajstić information content (AvgIpc) is 2.22. The summed E-state index contributed by atoms with van der Waals surface area (Å²) in [7, 11) is -2.09. The number of rotatable bonds is 6. The van der Waals surface area contributed by atoms with Gasteiger partial charge in [-0.2, -0.15) is 0 Å². The zero-order chi connectivity index (χ0) is 13.1. The maximum absolute atomic E-state index is 9.72. The van der Waals surface area contributed by atoms with Crippen LogP contribution in [0.5, 0.6) is 0 Å². The van der Waals surface area contributed by atoms with Gasteiger partial charge in [-0.25, -0.2) is 0 Å². The molecule has 1 unspecified atom stereocenters. The molecule has 0 spiro atoms. The van der Waals surface area contributed by atoms with Crippen LogP contribution < -0.4 is 0 Å². The van der Waals surface area contributed by atoms with Crippen LogP contribution in [0.2, 0.25) is 19.6 Å². The number of aliphatic hydroxyl groups excluding tert-OH is 6. The highest BCUT2D eigenvalue weighted by Crippen LogP contribution is 2.16. The van der Waals surface area contributed by atoms with Gasteiger partial charge in [0.15, 0.2) is 0 Å². The molecule has 16 heavy (non-hydrogen) atoms. The van der Waals surface area contributed by atoms with Gasteiger partial charge < -0.3 is 30.6 Å². The summed E-state index contributed by atoms with van der Waals surface area (Å²) in [6.07, 6.45) is -6.46. The third-order valence-corrected chi connectivity index (χ3v) is 4.61. The highest BCUT2D eigenvalue weighted by Gasteiger charge is 2.39. The van der Waals surface area contributed by atoms with Crippen LogP contribution in [0.4, 0.5) is 0 Å². The van der Waals surface area contributed by atoms with Gasteiger partial charge in [0.05, 0.1) is 20.4 Å². The van der Waals surface area contributed by atoms with Crippen LogP contribution >= 0.6 is 0 Å². The van der Waals surface area contributed by atoms with Crippen molar-refractivity contribution in [1.82, 2.24) is 0 Å². The van der Waals surface area contributed by atoms with Gasteiger partial charge in [0.25, 0.3) is 0 Å². The van der Waals surface area contributed by atoms with Crippen LogP contribution in [0.1, 0.15) is 0 Å². The molecule has 0 aromatic carbocycles. The quantitative estimate of drug-likeness (QED) is 0.295. The molecule has 0 aliphatic rings. The van der Waals surface area contributed by atoms with Gasteiger partial charge in [-0.05, 0) is 0 Å². The highest BCUT2D eigenvalue weighted by molar-refractivity contribution is 6.77. The minimum absolute atomic E-state index is 0.728. The Balaban J connectivity index is 4.55. The molecule has 6 nitrogen and oxygen atoms in total. The van der Waals surface area contributed by atoms with E-state index in [9.17, 15) is 20.4 Å². The Morgan fingerprint density at radius 2 is 1.25 bits per heavy atom. The van der Waals surface area contributed by atoms with E-state index in [1.54, 1.807) is 19.6 Å². The fourth-order valence-electron chi connectivity index (χ4n) is 1.24. The van der Waals surface area contributed by atoms with Crippen molar-refractivity contribution >= 4 is 8.07 Å². The first-order valence-corrected chi connectivity index (χ1v) is 8.71.